The number of nitrogens with one attached hydrogen (secondary N) is 1. The van der Waals surface area contributed by atoms with Gasteiger partial charge in [0.1, 0.15) is 18.2 Å². The van der Waals surface area contributed by atoms with Crippen molar-refractivity contribution in [3.05, 3.63) is 59.4 Å². The molecule has 0 bridgehead atoms. The number of carbonyl (C=O) groups is 2. The van der Waals surface area contributed by atoms with Crippen molar-refractivity contribution in [1.29, 1.82) is 0 Å². The Hall–Kier alpha value is -2.93. The summed E-state index contributed by atoms with van der Waals surface area (Å²) in [5.41, 5.74) is 1.77. The molecule has 3 rings (SSSR count). The molecule has 1 heterocycles. The Morgan fingerprint density at radius 1 is 1.32 bits per heavy atom. The van der Waals surface area contributed by atoms with E-state index in [1.54, 1.807) is 41.3 Å². The molecule has 0 radical (unpaired) electrons. The van der Waals surface area contributed by atoms with Gasteiger partial charge >= 0.3 is 0 Å². The van der Waals surface area contributed by atoms with E-state index in [0.717, 1.165) is 5.56 Å². The van der Waals surface area contributed by atoms with Gasteiger partial charge in [0, 0.05) is 37.0 Å². The highest BCUT2D eigenvalue weighted by Crippen LogP contribution is 2.30. The molecule has 0 saturated heterocycles. The molecule has 2 amide bonds. The first-order valence-electron chi connectivity index (χ1n) is 9.12. The second-order valence-corrected chi connectivity index (χ2v) is 6.60. The predicted molar refractivity (Wildman–Crippen MR) is 102 cm³/mol. The summed E-state index contributed by atoms with van der Waals surface area (Å²) in [6, 6.07) is 11.6. The van der Waals surface area contributed by atoms with Crippen LogP contribution in [-0.2, 0) is 27.4 Å². The summed E-state index contributed by atoms with van der Waals surface area (Å²) >= 11 is 0. The molecule has 1 atom stereocenters. The first-order chi connectivity index (χ1) is 13.5. The maximum absolute atomic E-state index is 14.1. The van der Waals surface area contributed by atoms with E-state index in [0.29, 0.717) is 23.4 Å². The summed E-state index contributed by atoms with van der Waals surface area (Å²) in [7, 11) is 1.45. The fourth-order valence-corrected chi connectivity index (χ4v) is 3.14. The quantitative estimate of drug-likeness (QED) is 0.828. The van der Waals surface area contributed by atoms with Gasteiger partial charge in [-0.05, 0) is 30.7 Å². The van der Waals surface area contributed by atoms with E-state index in [9.17, 15) is 14.0 Å². The lowest BCUT2D eigenvalue weighted by Crippen LogP contribution is -2.39. The Labute approximate surface area is 163 Å². The van der Waals surface area contributed by atoms with Gasteiger partial charge in [-0.3, -0.25) is 9.59 Å². The van der Waals surface area contributed by atoms with Gasteiger partial charge in [-0.2, -0.15) is 0 Å². The Kier molecular flexibility index (Phi) is 6.26. The van der Waals surface area contributed by atoms with Crippen LogP contribution in [0.2, 0.25) is 0 Å². The highest BCUT2D eigenvalue weighted by Gasteiger charge is 2.30. The van der Waals surface area contributed by atoms with Gasteiger partial charge in [0.05, 0.1) is 0 Å². The van der Waals surface area contributed by atoms with Crippen LogP contribution in [0.15, 0.2) is 42.5 Å². The monoisotopic (exact) mass is 386 g/mol. The van der Waals surface area contributed by atoms with Crippen molar-refractivity contribution < 1.29 is 23.5 Å². The van der Waals surface area contributed by atoms with Gasteiger partial charge in [-0.25, -0.2) is 4.39 Å². The molecule has 7 heteroatoms. The maximum Gasteiger partial charge on any atom is 0.264 e. The fourth-order valence-electron chi connectivity index (χ4n) is 3.14. The summed E-state index contributed by atoms with van der Waals surface area (Å²) in [6.45, 7) is 2.22. The van der Waals surface area contributed by atoms with Crippen molar-refractivity contribution in [2.45, 2.75) is 32.5 Å². The number of methoxy groups -OCH3 is 1. The number of benzene rings is 2. The zero-order valence-electron chi connectivity index (χ0n) is 15.9. The fraction of sp³-hybridized carbons (Fsp3) is 0.333. The lowest BCUT2D eigenvalue weighted by atomic mass is 10.1. The van der Waals surface area contributed by atoms with E-state index in [1.807, 2.05) is 6.92 Å². The average molecular weight is 386 g/mol. The van der Waals surface area contributed by atoms with Crippen LogP contribution in [0.25, 0.3) is 0 Å². The second-order valence-electron chi connectivity index (χ2n) is 6.60. The highest BCUT2D eigenvalue weighted by molar-refractivity contribution is 5.92. The van der Waals surface area contributed by atoms with E-state index < -0.39 is 6.10 Å². The molecule has 0 fully saturated rings. The minimum Gasteiger partial charge on any atom is -0.480 e. The topological polar surface area (TPSA) is 67.9 Å². The number of hydrogen-bond donors (Lipinski definition) is 1. The molecule has 1 aliphatic heterocycles. The van der Waals surface area contributed by atoms with Gasteiger partial charge in [0.2, 0.25) is 5.91 Å². The Bertz CT molecular complexity index is 871. The second kappa shape index (κ2) is 8.84. The van der Waals surface area contributed by atoms with Crippen molar-refractivity contribution in [3.63, 3.8) is 0 Å². The largest absolute Gasteiger partial charge is 0.480 e. The normalized spacial score (nSPS) is 16.2. The number of amides is 2. The average Bonchev–Trinajstić information content (AvgIpc) is 2.80. The third kappa shape index (κ3) is 4.48. The molecule has 28 heavy (non-hydrogen) atoms. The molecule has 2 aromatic carbocycles. The number of fused-ring (bicyclic) bond motifs is 1. The third-order valence-electron chi connectivity index (χ3n) is 4.53. The third-order valence-corrected chi connectivity index (χ3v) is 4.53. The van der Waals surface area contributed by atoms with E-state index in [-0.39, 0.29) is 37.3 Å². The molecule has 2 aromatic rings. The van der Waals surface area contributed by atoms with Crippen LogP contribution in [-0.4, -0.2) is 36.5 Å². The number of rotatable bonds is 6. The van der Waals surface area contributed by atoms with Gasteiger partial charge in [-0.15, -0.1) is 0 Å². The van der Waals surface area contributed by atoms with Gasteiger partial charge in [-0.1, -0.05) is 25.1 Å². The standard InChI is InChI=1S/C21H23FN2O4/c1-3-18-21(26)24(11-14-6-4-5-7-17(14)22)12-15-10-16(8-9-19(15)28-18)23-20(25)13-27-2/h4-10,18H,3,11-13H2,1-2H3,(H,23,25)/t18-/m0/s1. The van der Waals surface area contributed by atoms with Crippen molar-refractivity contribution in [1.82, 2.24) is 4.90 Å². The van der Waals surface area contributed by atoms with Crippen molar-refractivity contribution >= 4 is 17.5 Å². The first-order valence-corrected chi connectivity index (χ1v) is 9.12. The smallest absolute Gasteiger partial charge is 0.264 e. The van der Waals surface area contributed by atoms with E-state index in [2.05, 4.69) is 5.32 Å². The summed E-state index contributed by atoms with van der Waals surface area (Å²) in [4.78, 5) is 26.3. The van der Waals surface area contributed by atoms with Crippen LogP contribution in [0.4, 0.5) is 10.1 Å². The van der Waals surface area contributed by atoms with Gasteiger partial charge < -0.3 is 19.7 Å². The van der Waals surface area contributed by atoms with E-state index >= 15 is 0 Å². The minimum atomic E-state index is -0.637. The van der Waals surface area contributed by atoms with Crippen molar-refractivity contribution in [2.24, 2.45) is 0 Å². The number of anilines is 1. The summed E-state index contributed by atoms with van der Waals surface area (Å²) in [5.74, 6) is -0.232. The predicted octanol–water partition coefficient (Wildman–Crippen LogP) is 3.11. The van der Waals surface area contributed by atoms with Gasteiger partial charge in [0.25, 0.3) is 5.91 Å². The first kappa shape index (κ1) is 19.8. The Morgan fingerprint density at radius 2 is 2.11 bits per heavy atom. The van der Waals surface area contributed by atoms with Gasteiger partial charge in [0.15, 0.2) is 6.10 Å². The van der Waals surface area contributed by atoms with Crippen LogP contribution in [0.1, 0.15) is 24.5 Å². The minimum absolute atomic E-state index is 0.0522. The summed E-state index contributed by atoms with van der Waals surface area (Å²) in [5, 5.41) is 2.74. The van der Waals surface area contributed by atoms with Crippen molar-refractivity contribution in [2.75, 3.05) is 19.0 Å². The van der Waals surface area contributed by atoms with Crippen LogP contribution in [0.5, 0.6) is 5.75 Å². The number of carbonyl (C=O) groups excluding carboxylic acids is 2. The molecular weight excluding hydrogens is 363 g/mol. The SMILES string of the molecule is CC[C@@H]1Oc2ccc(NC(=O)COC)cc2CN(Cc2ccccc2F)C1=O. The van der Waals surface area contributed by atoms with E-state index in [1.165, 1.54) is 13.2 Å². The highest BCUT2D eigenvalue weighted by atomic mass is 19.1. The molecule has 1 aliphatic rings. The zero-order chi connectivity index (χ0) is 20.1. The Balaban J connectivity index is 1.88. The summed E-state index contributed by atoms with van der Waals surface area (Å²) in [6.07, 6.45) is -0.139. The van der Waals surface area contributed by atoms with Crippen LogP contribution < -0.4 is 10.1 Å². The number of nitrogens with zero attached hydrogens (tertiary/aromatic N) is 1. The van der Waals surface area contributed by atoms with E-state index in [4.69, 9.17) is 9.47 Å². The molecule has 0 aromatic heterocycles. The van der Waals surface area contributed by atoms with Crippen LogP contribution in [0.3, 0.4) is 0 Å². The lowest BCUT2D eigenvalue weighted by Gasteiger charge is -2.23. The molecule has 6 nitrogen and oxygen atoms in total. The molecule has 0 aliphatic carbocycles. The molecular formula is C21H23FN2O4. The molecule has 0 unspecified atom stereocenters. The van der Waals surface area contributed by atoms with Crippen molar-refractivity contribution in [3.8, 4) is 5.75 Å². The Morgan fingerprint density at radius 3 is 2.82 bits per heavy atom. The molecule has 0 saturated carbocycles. The molecule has 1 N–H and O–H groups in total. The van der Waals surface area contributed by atoms with Crippen LogP contribution in [0, 0.1) is 5.82 Å². The number of halogens is 1. The molecule has 0 spiro atoms. The zero-order valence-corrected chi connectivity index (χ0v) is 15.9. The van der Waals surface area contributed by atoms with Crippen LogP contribution >= 0.6 is 0 Å². The molecule has 148 valence electrons. The lowest BCUT2D eigenvalue weighted by molar-refractivity contribution is -0.139. The summed E-state index contributed by atoms with van der Waals surface area (Å²) < 4.78 is 24.8. The maximum atomic E-state index is 14.1. The number of ether oxygens (including phenoxy) is 2. The number of hydrogen-bond acceptors (Lipinski definition) is 4.